The molecule has 1 aliphatic rings. The van der Waals surface area contributed by atoms with Crippen LogP contribution in [0.5, 0.6) is 0 Å². The van der Waals surface area contributed by atoms with Gasteiger partial charge in [0.05, 0.1) is 5.69 Å². The molecule has 0 spiro atoms. The number of hydrazine groups is 1. The Morgan fingerprint density at radius 3 is 2.79 bits per heavy atom. The average Bonchev–Trinajstić information content (AvgIpc) is 2.94. The molecule has 3 heteroatoms. The molecule has 0 radical (unpaired) electrons. The maximum absolute atomic E-state index is 4.70. The van der Waals surface area contributed by atoms with E-state index in [0.717, 1.165) is 18.1 Å². The number of hydrogen-bond donors (Lipinski definition) is 2. The monoisotopic (exact) mass is 247 g/mol. The van der Waals surface area contributed by atoms with E-state index in [9.17, 15) is 0 Å². The molecule has 2 aromatic carbocycles. The summed E-state index contributed by atoms with van der Waals surface area (Å²) in [6.07, 6.45) is 0. The lowest BCUT2D eigenvalue weighted by Gasteiger charge is -2.07. The summed E-state index contributed by atoms with van der Waals surface area (Å²) in [5.74, 6) is 0.936. The molecule has 92 valence electrons. The minimum Gasteiger partial charge on any atom is -0.305 e. The summed E-state index contributed by atoms with van der Waals surface area (Å²) >= 11 is 0. The number of nitrogens with zero attached hydrogens (tertiary/aromatic N) is 1. The van der Waals surface area contributed by atoms with Crippen LogP contribution in [-0.4, -0.2) is 4.98 Å². The number of aromatic nitrogens is 1. The van der Waals surface area contributed by atoms with Crippen LogP contribution in [0.15, 0.2) is 54.6 Å². The van der Waals surface area contributed by atoms with E-state index in [2.05, 4.69) is 65.4 Å². The van der Waals surface area contributed by atoms with Crippen LogP contribution in [0.25, 0.3) is 22.0 Å². The second-order valence-electron chi connectivity index (χ2n) is 4.71. The zero-order valence-electron chi connectivity index (χ0n) is 10.4. The van der Waals surface area contributed by atoms with Gasteiger partial charge in [0, 0.05) is 17.7 Å². The van der Waals surface area contributed by atoms with E-state index in [-0.39, 0.29) is 0 Å². The number of fused-ring (bicyclic) bond motifs is 2. The van der Waals surface area contributed by atoms with Crippen molar-refractivity contribution in [3.8, 4) is 11.3 Å². The van der Waals surface area contributed by atoms with Gasteiger partial charge in [-0.25, -0.2) is 10.4 Å². The second kappa shape index (κ2) is 4.07. The molecule has 0 unspecified atom stereocenters. The highest BCUT2D eigenvalue weighted by molar-refractivity contribution is 5.95. The minimum atomic E-state index is 0.831. The molecule has 0 aliphatic carbocycles. The molecule has 3 aromatic rings. The van der Waals surface area contributed by atoms with E-state index < -0.39 is 0 Å². The highest BCUT2D eigenvalue weighted by Gasteiger charge is 2.12. The van der Waals surface area contributed by atoms with Crippen molar-refractivity contribution < 1.29 is 0 Å². The molecule has 2 N–H and O–H groups in total. The Hall–Kier alpha value is -2.39. The fraction of sp³-hybridized carbons (Fsp3) is 0.0625. The van der Waals surface area contributed by atoms with Crippen molar-refractivity contribution in [2.24, 2.45) is 0 Å². The third-order valence-electron chi connectivity index (χ3n) is 3.53. The quantitative estimate of drug-likeness (QED) is 0.692. The van der Waals surface area contributed by atoms with Gasteiger partial charge < -0.3 is 5.43 Å². The number of nitrogens with one attached hydrogen (secondary N) is 2. The molecule has 0 saturated carbocycles. The molecule has 0 bridgehead atoms. The van der Waals surface area contributed by atoms with Crippen LogP contribution in [-0.2, 0) is 6.54 Å². The van der Waals surface area contributed by atoms with Crippen molar-refractivity contribution in [2.75, 3.05) is 5.43 Å². The fourth-order valence-electron chi connectivity index (χ4n) is 2.56. The normalized spacial score (nSPS) is 13.3. The Labute approximate surface area is 111 Å². The van der Waals surface area contributed by atoms with Crippen LogP contribution in [0.2, 0.25) is 0 Å². The van der Waals surface area contributed by atoms with Gasteiger partial charge in [-0.2, -0.15) is 0 Å². The lowest BCUT2D eigenvalue weighted by atomic mass is 10.0. The Balaban J connectivity index is 1.95. The van der Waals surface area contributed by atoms with Crippen LogP contribution in [0.4, 0.5) is 5.82 Å². The predicted molar refractivity (Wildman–Crippen MR) is 77.6 cm³/mol. The van der Waals surface area contributed by atoms with Crippen LogP contribution in [0, 0.1) is 0 Å². The molecule has 2 heterocycles. The van der Waals surface area contributed by atoms with E-state index in [4.69, 9.17) is 4.98 Å². The molecule has 1 aliphatic heterocycles. The van der Waals surface area contributed by atoms with Gasteiger partial charge in [-0.3, -0.25) is 0 Å². The Morgan fingerprint density at radius 1 is 0.895 bits per heavy atom. The van der Waals surface area contributed by atoms with E-state index in [1.165, 1.54) is 21.9 Å². The smallest absolute Gasteiger partial charge is 0.145 e. The summed E-state index contributed by atoms with van der Waals surface area (Å²) in [6, 6.07) is 19.0. The van der Waals surface area contributed by atoms with E-state index >= 15 is 0 Å². The van der Waals surface area contributed by atoms with Crippen LogP contribution < -0.4 is 10.9 Å². The van der Waals surface area contributed by atoms with E-state index in [1.807, 2.05) is 0 Å². The molecule has 0 atom stereocenters. The van der Waals surface area contributed by atoms with Gasteiger partial charge in [-0.15, -0.1) is 0 Å². The first-order valence-corrected chi connectivity index (χ1v) is 6.39. The minimum absolute atomic E-state index is 0.831. The van der Waals surface area contributed by atoms with Gasteiger partial charge in [0.2, 0.25) is 0 Å². The highest BCUT2D eigenvalue weighted by atomic mass is 15.4. The van der Waals surface area contributed by atoms with Gasteiger partial charge >= 0.3 is 0 Å². The van der Waals surface area contributed by atoms with Crippen molar-refractivity contribution in [3.63, 3.8) is 0 Å². The van der Waals surface area contributed by atoms with E-state index in [0.29, 0.717) is 0 Å². The molecule has 1 aromatic heterocycles. The van der Waals surface area contributed by atoms with Gasteiger partial charge in [0.1, 0.15) is 5.82 Å². The first-order chi connectivity index (χ1) is 9.42. The van der Waals surface area contributed by atoms with Crippen molar-refractivity contribution in [3.05, 3.63) is 60.2 Å². The SMILES string of the molecule is c1ccc2c(-c3ccc4c(n3)NNC4)cccc2c1. The maximum atomic E-state index is 4.70. The largest absolute Gasteiger partial charge is 0.305 e. The van der Waals surface area contributed by atoms with Crippen LogP contribution >= 0.6 is 0 Å². The summed E-state index contributed by atoms with van der Waals surface area (Å²) in [6.45, 7) is 0.831. The first kappa shape index (κ1) is 10.5. The van der Waals surface area contributed by atoms with Crippen molar-refractivity contribution in [2.45, 2.75) is 6.54 Å². The molecule has 0 saturated heterocycles. The van der Waals surface area contributed by atoms with Crippen molar-refractivity contribution >= 4 is 16.6 Å². The average molecular weight is 247 g/mol. The second-order valence-corrected chi connectivity index (χ2v) is 4.71. The third kappa shape index (κ3) is 1.67. The van der Waals surface area contributed by atoms with Gasteiger partial charge in [0.15, 0.2) is 0 Å². The van der Waals surface area contributed by atoms with Gasteiger partial charge in [-0.1, -0.05) is 48.5 Å². The molecule has 3 nitrogen and oxygen atoms in total. The zero-order chi connectivity index (χ0) is 12.7. The Morgan fingerprint density at radius 2 is 1.79 bits per heavy atom. The summed E-state index contributed by atoms with van der Waals surface area (Å²) in [5.41, 5.74) is 9.58. The molecule has 0 fully saturated rings. The van der Waals surface area contributed by atoms with Crippen molar-refractivity contribution in [1.82, 2.24) is 10.4 Å². The maximum Gasteiger partial charge on any atom is 0.145 e. The predicted octanol–water partition coefficient (Wildman–Crippen LogP) is 3.33. The van der Waals surface area contributed by atoms with E-state index in [1.54, 1.807) is 0 Å². The number of benzene rings is 2. The first-order valence-electron chi connectivity index (χ1n) is 6.39. The number of pyridine rings is 1. The number of hydrogen-bond acceptors (Lipinski definition) is 3. The van der Waals surface area contributed by atoms with Crippen LogP contribution in [0.3, 0.4) is 0 Å². The highest BCUT2D eigenvalue weighted by Crippen LogP contribution is 2.29. The van der Waals surface area contributed by atoms with Crippen LogP contribution in [0.1, 0.15) is 5.56 Å². The van der Waals surface area contributed by atoms with Crippen molar-refractivity contribution in [1.29, 1.82) is 0 Å². The molecular weight excluding hydrogens is 234 g/mol. The topological polar surface area (TPSA) is 37.0 Å². The molecule has 4 rings (SSSR count). The lowest BCUT2D eigenvalue weighted by Crippen LogP contribution is -2.11. The van der Waals surface area contributed by atoms with Gasteiger partial charge in [-0.05, 0) is 16.8 Å². The Bertz CT molecular complexity index is 760. The van der Waals surface area contributed by atoms with Gasteiger partial charge in [0.25, 0.3) is 0 Å². The molecule has 0 amide bonds. The Kier molecular flexibility index (Phi) is 2.25. The lowest BCUT2D eigenvalue weighted by molar-refractivity contribution is 0.859. The zero-order valence-corrected chi connectivity index (χ0v) is 10.4. The summed E-state index contributed by atoms with van der Waals surface area (Å²) in [5, 5.41) is 2.48. The number of anilines is 1. The third-order valence-corrected chi connectivity index (χ3v) is 3.53. The molecule has 19 heavy (non-hydrogen) atoms. The summed E-state index contributed by atoms with van der Waals surface area (Å²) in [4.78, 5) is 4.70. The summed E-state index contributed by atoms with van der Waals surface area (Å²) < 4.78 is 0. The summed E-state index contributed by atoms with van der Waals surface area (Å²) in [7, 11) is 0. The standard InChI is InChI=1S/C16H13N3/c1-2-6-13-11(4-1)5-3-7-14(13)15-9-8-12-10-17-19-16(12)18-15/h1-9,17H,10H2,(H,18,19). The fourth-order valence-corrected chi connectivity index (χ4v) is 2.56. The molecular formula is C16H13N3. The number of rotatable bonds is 1.